The predicted molar refractivity (Wildman–Crippen MR) is 70.0 cm³/mol. The van der Waals surface area contributed by atoms with Crippen molar-refractivity contribution >= 4 is 17.2 Å². The fourth-order valence-electron chi connectivity index (χ4n) is 1.96. The first-order chi connectivity index (χ1) is 8.40. The van der Waals surface area contributed by atoms with Crippen LogP contribution in [0.2, 0.25) is 0 Å². The minimum absolute atomic E-state index is 0.686. The molecule has 0 unspecified atom stereocenters. The molecule has 0 N–H and O–H groups in total. The number of hydrogen-bond donors (Lipinski definition) is 0. The van der Waals surface area contributed by atoms with Gasteiger partial charge in [0.15, 0.2) is 0 Å². The molecule has 17 heavy (non-hydrogen) atoms. The number of rotatable bonds is 6. The van der Waals surface area contributed by atoms with Gasteiger partial charge < -0.3 is 4.79 Å². The number of unbranched alkanes of at least 4 members (excludes halogenated alkanes) is 3. The summed E-state index contributed by atoms with van der Waals surface area (Å²) in [6.07, 6.45) is 5.90. The van der Waals surface area contributed by atoms with Crippen LogP contribution in [0.3, 0.4) is 0 Å². The number of hydrogen-bond acceptors (Lipinski definition) is 2. The fraction of sp³-hybridized carbons (Fsp3) is 0.333. The van der Waals surface area contributed by atoms with E-state index in [1.165, 1.54) is 5.39 Å². The number of aryl methyl sites for hydroxylation is 1. The van der Waals surface area contributed by atoms with Gasteiger partial charge >= 0.3 is 0 Å². The topological polar surface area (TPSA) is 30.0 Å². The van der Waals surface area contributed by atoms with Gasteiger partial charge in [0, 0.05) is 17.5 Å². The molecule has 0 atom stereocenters. The molecule has 0 radical (unpaired) electrons. The third-order valence-corrected chi connectivity index (χ3v) is 2.91. The van der Waals surface area contributed by atoms with Crippen molar-refractivity contribution < 1.29 is 4.79 Å². The molecule has 88 valence electrons. The van der Waals surface area contributed by atoms with Gasteiger partial charge in [0.05, 0.1) is 5.52 Å². The average molecular weight is 227 g/mol. The molecular formula is C15H17NO. The molecular weight excluding hydrogens is 210 g/mol. The molecule has 1 heterocycles. The second-order valence-electron chi connectivity index (χ2n) is 4.26. The highest BCUT2D eigenvalue weighted by Gasteiger charge is 1.98. The molecule has 2 rings (SSSR count). The van der Waals surface area contributed by atoms with Gasteiger partial charge in [0.2, 0.25) is 0 Å². The van der Waals surface area contributed by atoms with Crippen LogP contribution in [0, 0.1) is 0 Å². The van der Waals surface area contributed by atoms with Gasteiger partial charge in [-0.3, -0.25) is 4.98 Å². The number of carbonyl (C=O) groups is 1. The Balaban J connectivity index is 1.92. The minimum atomic E-state index is 0.686. The van der Waals surface area contributed by atoms with E-state index in [-0.39, 0.29) is 0 Å². The highest BCUT2D eigenvalue weighted by atomic mass is 16.1. The number of aromatic nitrogens is 1. The number of pyridine rings is 1. The van der Waals surface area contributed by atoms with Crippen molar-refractivity contribution in [1.82, 2.24) is 4.98 Å². The smallest absolute Gasteiger partial charge is 0.119 e. The first-order valence-electron chi connectivity index (χ1n) is 6.18. The molecule has 0 amide bonds. The zero-order valence-electron chi connectivity index (χ0n) is 9.93. The summed E-state index contributed by atoms with van der Waals surface area (Å²) in [4.78, 5) is 14.8. The third kappa shape index (κ3) is 3.38. The Bertz CT molecular complexity index is 493. The second kappa shape index (κ2) is 6.14. The molecule has 0 aliphatic carbocycles. The van der Waals surface area contributed by atoms with Crippen LogP contribution in [0.1, 0.15) is 31.4 Å². The van der Waals surface area contributed by atoms with Crippen molar-refractivity contribution in [3.05, 3.63) is 42.1 Å². The third-order valence-electron chi connectivity index (χ3n) is 2.91. The minimum Gasteiger partial charge on any atom is -0.303 e. The quantitative estimate of drug-likeness (QED) is 0.558. The van der Waals surface area contributed by atoms with Crippen molar-refractivity contribution in [3.8, 4) is 0 Å². The SMILES string of the molecule is O=CCCCCCc1ccc2ccccc2n1. The lowest BCUT2D eigenvalue weighted by Crippen LogP contribution is -1.91. The first kappa shape index (κ1) is 11.8. The Labute approximate surface area is 102 Å². The molecule has 0 aliphatic rings. The molecule has 2 aromatic rings. The van der Waals surface area contributed by atoms with Gasteiger partial charge in [-0.25, -0.2) is 0 Å². The highest BCUT2D eigenvalue weighted by Crippen LogP contribution is 2.13. The molecule has 0 spiro atoms. The van der Waals surface area contributed by atoms with Crippen molar-refractivity contribution in [2.24, 2.45) is 0 Å². The molecule has 0 aliphatic heterocycles. The maximum absolute atomic E-state index is 10.2. The highest BCUT2D eigenvalue weighted by molar-refractivity contribution is 5.78. The summed E-state index contributed by atoms with van der Waals surface area (Å²) in [7, 11) is 0. The summed E-state index contributed by atoms with van der Waals surface area (Å²) in [5.74, 6) is 0. The Morgan fingerprint density at radius 2 is 1.88 bits per heavy atom. The van der Waals surface area contributed by atoms with E-state index in [1.54, 1.807) is 0 Å². The molecule has 0 bridgehead atoms. The summed E-state index contributed by atoms with van der Waals surface area (Å²) in [6, 6.07) is 12.4. The fourth-order valence-corrected chi connectivity index (χ4v) is 1.96. The van der Waals surface area contributed by atoms with Gasteiger partial charge in [0.25, 0.3) is 0 Å². The van der Waals surface area contributed by atoms with E-state index >= 15 is 0 Å². The molecule has 1 aromatic heterocycles. The number of nitrogens with zero attached hydrogens (tertiary/aromatic N) is 1. The monoisotopic (exact) mass is 227 g/mol. The number of carbonyl (C=O) groups excluding carboxylic acids is 1. The van der Waals surface area contributed by atoms with Crippen molar-refractivity contribution in [1.29, 1.82) is 0 Å². The molecule has 0 saturated carbocycles. The van der Waals surface area contributed by atoms with E-state index in [0.29, 0.717) is 6.42 Å². The Morgan fingerprint density at radius 1 is 1.00 bits per heavy atom. The van der Waals surface area contributed by atoms with Crippen LogP contribution in [0.15, 0.2) is 36.4 Å². The summed E-state index contributed by atoms with van der Waals surface area (Å²) >= 11 is 0. The van der Waals surface area contributed by atoms with Gasteiger partial charge in [-0.1, -0.05) is 30.7 Å². The standard InChI is InChI=1S/C15H17NO/c17-12-6-2-1-3-8-14-11-10-13-7-4-5-9-15(13)16-14/h4-5,7,9-12H,1-3,6,8H2. The summed E-state index contributed by atoms with van der Waals surface area (Å²) in [5.41, 5.74) is 2.22. The Kier molecular flexibility index (Phi) is 4.25. The van der Waals surface area contributed by atoms with Crippen LogP contribution in [0.4, 0.5) is 0 Å². The molecule has 1 aromatic carbocycles. The lowest BCUT2D eigenvalue weighted by atomic mass is 10.1. The van der Waals surface area contributed by atoms with E-state index in [9.17, 15) is 4.79 Å². The number of para-hydroxylation sites is 1. The van der Waals surface area contributed by atoms with Gasteiger partial charge in [-0.15, -0.1) is 0 Å². The zero-order valence-corrected chi connectivity index (χ0v) is 9.93. The van der Waals surface area contributed by atoms with Crippen molar-refractivity contribution in [3.63, 3.8) is 0 Å². The van der Waals surface area contributed by atoms with E-state index in [2.05, 4.69) is 23.2 Å². The van der Waals surface area contributed by atoms with E-state index < -0.39 is 0 Å². The Hall–Kier alpha value is -1.70. The average Bonchev–Trinajstić information content (AvgIpc) is 2.38. The van der Waals surface area contributed by atoms with Crippen LogP contribution in [0.25, 0.3) is 10.9 Å². The van der Waals surface area contributed by atoms with Gasteiger partial charge in [-0.2, -0.15) is 0 Å². The first-order valence-corrected chi connectivity index (χ1v) is 6.18. The summed E-state index contributed by atoms with van der Waals surface area (Å²) in [6.45, 7) is 0. The largest absolute Gasteiger partial charge is 0.303 e. The van der Waals surface area contributed by atoms with E-state index in [1.807, 2.05) is 18.2 Å². The number of fused-ring (bicyclic) bond motifs is 1. The lowest BCUT2D eigenvalue weighted by Gasteiger charge is -2.02. The van der Waals surface area contributed by atoms with E-state index in [4.69, 9.17) is 0 Å². The summed E-state index contributed by atoms with van der Waals surface area (Å²) < 4.78 is 0. The molecule has 0 saturated heterocycles. The van der Waals surface area contributed by atoms with Gasteiger partial charge in [0.1, 0.15) is 6.29 Å². The summed E-state index contributed by atoms with van der Waals surface area (Å²) in [5, 5.41) is 1.19. The zero-order chi connectivity index (χ0) is 11.9. The van der Waals surface area contributed by atoms with Crippen LogP contribution in [-0.2, 0) is 11.2 Å². The van der Waals surface area contributed by atoms with Crippen molar-refractivity contribution in [2.45, 2.75) is 32.1 Å². The maximum Gasteiger partial charge on any atom is 0.119 e. The molecule has 0 fully saturated rings. The normalized spacial score (nSPS) is 10.6. The maximum atomic E-state index is 10.2. The van der Waals surface area contributed by atoms with Crippen LogP contribution in [-0.4, -0.2) is 11.3 Å². The number of aldehydes is 1. The van der Waals surface area contributed by atoms with Crippen LogP contribution in [0.5, 0.6) is 0 Å². The van der Waals surface area contributed by atoms with Gasteiger partial charge in [-0.05, 0) is 31.4 Å². The lowest BCUT2D eigenvalue weighted by molar-refractivity contribution is -0.107. The van der Waals surface area contributed by atoms with Crippen LogP contribution < -0.4 is 0 Å². The molecule has 2 heteroatoms. The van der Waals surface area contributed by atoms with Crippen LogP contribution >= 0.6 is 0 Å². The predicted octanol–water partition coefficient (Wildman–Crippen LogP) is 3.54. The Morgan fingerprint density at radius 3 is 2.76 bits per heavy atom. The second-order valence-corrected chi connectivity index (χ2v) is 4.26. The van der Waals surface area contributed by atoms with E-state index in [0.717, 1.165) is 43.2 Å². The molecule has 2 nitrogen and oxygen atoms in total. The number of benzene rings is 1. The van der Waals surface area contributed by atoms with Crippen molar-refractivity contribution in [2.75, 3.05) is 0 Å².